The number of nitrogens with two attached hydrogens (primary N) is 1. The molecule has 0 aliphatic carbocycles. The first-order valence-corrected chi connectivity index (χ1v) is 7.10. The van der Waals surface area contributed by atoms with Crippen LogP contribution in [0.25, 0.3) is 0 Å². The van der Waals surface area contributed by atoms with Gasteiger partial charge < -0.3 is 5.73 Å². The number of halogens is 4. The maximum atomic E-state index is 10.3. The molecule has 128 valence electrons. The first-order valence-electron chi connectivity index (χ1n) is 5.59. The van der Waals surface area contributed by atoms with E-state index in [0.29, 0.717) is 0 Å². The van der Waals surface area contributed by atoms with E-state index in [9.17, 15) is 20.2 Å². The molecule has 2 rings (SSSR count). The van der Waals surface area contributed by atoms with E-state index in [2.05, 4.69) is 9.97 Å². The Bertz CT molecular complexity index is 790. The van der Waals surface area contributed by atoms with Gasteiger partial charge in [0.1, 0.15) is 5.02 Å². The highest BCUT2D eigenvalue weighted by Gasteiger charge is 2.20. The summed E-state index contributed by atoms with van der Waals surface area (Å²) in [5.74, 6) is -0.191. The Balaban J connectivity index is 0.000000240. The van der Waals surface area contributed by atoms with Gasteiger partial charge in [0.25, 0.3) is 0 Å². The van der Waals surface area contributed by atoms with Crippen LogP contribution in [-0.4, -0.2) is 19.9 Å². The Labute approximate surface area is 153 Å². The number of nitro groups is 2. The summed E-state index contributed by atoms with van der Waals surface area (Å²) in [6.07, 6.45) is 2.39. The summed E-state index contributed by atoms with van der Waals surface area (Å²) < 4.78 is 0. The van der Waals surface area contributed by atoms with Crippen molar-refractivity contribution >= 4 is 63.7 Å². The molecule has 0 radical (unpaired) electrons. The average Bonchev–Trinajstić information content (AvgIpc) is 2.47. The van der Waals surface area contributed by atoms with Crippen LogP contribution in [0.3, 0.4) is 0 Å². The second-order valence-electron chi connectivity index (χ2n) is 3.76. The molecule has 0 saturated heterocycles. The molecule has 24 heavy (non-hydrogen) atoms. The monoisotopic (exact) mass is 414 g/mol. The largest absolute Gasteiger partial charge is 0.378 e. The Hall–Kier alpha value is -2.14. The van der Waals surface area contributed by atoms with Crippen LogP contribution >= 0.6 is 46.4 Å². The lowest BCUT2D eigenvalue weighted by atomic mass is 10.4. The van der Waals surface area contributed by atoms with Gasteiger partial charge >= 0.3 is 5.69 Å². The van der Waals surface area contributed by atoms with Gasteiger partial charge in [0.05, 0.1) is 20.0 Å². The zero-order chi connectivity index (χ0) is 18.4. The number of nitrogens with zero attached hydrogens (tertiary/aromatic N) is 4. The molecule has 14 heteroatoms. The van der Waals surface area contributed by atoms with Crippen LogP contribution in [-0.2, 0) is 0 Å². The first kappa shape index (κ1) is 19.9. The van der Waals surface area contributed by atoms with Crippen molar-refractivity contribution in [3.63, 3.8) is 0 Å². The number of hydrogen-bond acceptors (Lipinski definition) is 7. The fourth-order valence-corrected chi connectivity index (χ4v) is 1.82. The fraction of sp³-hybridized carbons (Fsp3) is 0. The van der Waals surface area contributed by atoms with Crippen molar-refractivity contribution in [3.8, 4) is 0 Å². The van der Waals surface area contributed by atoms with Crippen LogP contribution in [0, 0.1) is 20.2 Å². The molecule has 0 amide bonds. The zero-order valence-electron chi connectivity index (χ0n) is 11.2. The maximum Gasteiger partial charge on any atom is 0.331 e. The summed E-state index contributed by atoms with van der Waals surface area (Å²) in [6, 6.07) is 1.27. The van der Waals surface area contributed by atoms with Gasteiger partial charge in [-0.1, -0.05) is 51.8 Å². The lowest BCUT2D eigenvalue weighted by Gasteiger charge is -1.98. The number of hydrazine groups is 1. The molecule has 0 unspecified atom stereocenters. The van der Waals surface area contributed by atoms with Crippen molar-refractivity contribution < 1.29 is 9.96 Å². The van der Waals surface area contributed by atoms with E-state index in [1.165, 1.54) is 12.3 Å². The Morgan fingerprint density at radius 1 is 1.00 bits per heavy atom. The average molecular weight is 416 g/mol. The molecule has 0 aliphatic heterocycles. The minimum atomic E-state index is -0.730. The van der Waals surface area contributed by atoms with Crippen molar-refractivity contribution in [1.82, 2.24) is 9.97 Å². The van der Waals surface area contributed by atoms with Crippen LogP contribution in [0.15, 0.2) is 18.5 Å². The van der Waals surface area contributed by atoms with Crippen LogP contribution in [0.2, 0.25) is 20.1 Å². The molecule has 0 saturated carbocycles. The van der Waals surface area contributed by atoms with Crippen LogP contribution < -0.4 is 11.2 Å². The van der Waals surface area contributed by atoms with E-state index in [4.69, 9.17) is 52.1 Å². The van der Waals surface area contributed by atoms with Crippen molar-refractivity contribution in [1.29, 1.82) is 0 Å². The number of anilines is 2. The highest BCUT2D eigenvalue weighted by Crippen LogP contribution is 2.34. The van der Waals surface area contributed by atoms with E-state index in [1.807, 2.05) is 5.43 Å². The molecule has 2 aromatic rings. The summed E-state index contributed by atoms with van der Waals surface area (Å²) in [7, 11) is 0. The van der Waals surface area contributed by atoms with Gasteiger partial charge in [-0.05, 0) is 0 Å². The van der Waals surface area contributed by atoms with Gasteiger partial charge in [0.15, 0.2) is 10.9 Å². The minimum absolute atomic E-state index is 0.0116. The summed E-state index contributed by atoms with van der Waals surface area (Å²) in [5.41, 5.74) is 6.58. The molecule has 0 aromatic carbocycles. The highest BCUT2D eigenvalue weighted by molar-refractivity contribution is 6.43. The molecule has 10 nitrogen and oxygen atoms in total. The number of rotatable bonds is 3. The van der Waals surface area contributed by atoms with E-state index in [-0.39, 0.29) is 31.7 Å². The maximum absolute atomic E-state index is 10.3. The van der Waals surface area contributed by atoms with E-state index in [0.717, 1.165) is 6.20 Å². The number of nitrogen functional groups attached to an aromatic ring is 1. The molecule has 0 spiro atoms. The topological polar surface area (TPSA) is 150 Å². The molecular weight excluding hydrogens is 410 g/mol. The normalized spacial score (nSPS) is 9.67. The third-order valence-electron chi connectivity index (χ3n) is 2.17. The third-order valence-corrected chi connectivity index (χ3v) is 3.65. The van der Waals surface area contributed by atoms with E-state index in [1.54, 1.807) is 0 Å². The van der Waals surface area contributed by atoms with Gasteiger partial charge in [-0.2, -0.15) is 0 Å². The smallest absolute Gasteiger partial charge is 0.331 e. The summed E-state index contributed by atoms with van der Waals surface area (Å²) in [4.78, 5) is 26.6. The molecule has 3 N–H and O–H groups in total. The van der Waals surface area contributed by atoms with Crippen LogP contribution in [0.1, 0.15) is 0 Å². The number of nitrogens with one attached hydrogen (secondary N) is 1. The quantitative estimate of drug-likeness (QED) is 0.566. The third kappa shape index (κ3) is 5.49. The van der Waals surface area contributed by atoms with Crippen molar-refractivity contribution in [3.05, 3.63) is 58.8 Å². The molecular formula is C10H6Cl4N6O4. The van der Waals surface area contributed by atoms with Crippen molar-refractivity contribution in [2.75, 3.05) is 11.2 Å². The lowest BCUT2D eigenvalue weighted by molar-refractivity contribution is -0.445. The highest BCUT2D eigenvalue weighted by atomic mass is 35.5. The first-order chi connectivity index (χ1) is 11.1. The Morgan fingerprint density at radius 2 is 1.58 bits per heavy atom. The standard InChI is InChI=1S/2C5H3Cl2N3O2/c6-3-1-5(9-10(11)12)8-2-4(3)7;6-2-1-9-5(8)4(3(2)7)10(11)12/h1-2H,(H,8,9);1H,(H2,8,9). The van der Waals surface area contributed by atoms with E-state index < -0.39 is 15.6 Å². The van der Waals surface area contributed by atoms with Crippen molar-refractivity contribution in [2.24, 2.45) is 0 Å². The van der Waals surface area contributed by atoms with Gasteiger partial charge in [-0.15, -0.1) is 0 Å². The van der Waals surface area contributed by atoms with Gasteiger partial charge in [0, 0.05) is 18.5 Å². The van der Waals surface area contributed by atoms with Gasteiger partial charge in [0.2, 0.25) is 5.82 Å². The predicted octanol–water partition coefficient (Wildman–Crippen LogP) is 3.87. The number of hydrogen-bond donors (Lipinski definition) is 2. The molecule has 0 aliphatic rings. The Kier molecular flexibility index (Phi) is 7.17. The number of aromatic nitrogens is 2. The minimum Gasteiger partial charge on any atom is -0.378 e. The Morgan fingerprint density at radius 3 is 2.04 bits per heavy atom. The molecule has 0 atom stereocenters. The lowest BCUT2D eigenvalue weighted by Crippen LogP contribution is -2.08. The van der Waals surface area contributed by atoms with E-state index >= 15 is 0 Å². The summed E-state index contributed by atoms with van der Waals surface area (Å²) in [6.45, 7) is 0. The zero-order valence-corrected chi connectivity index (χ0v) is 14.3. The number of pyridine rings is 2. The molecule has 2 aromatic heterocycles. The SMILES string of the molecule is Nc1ncc(Cl)c(Cl)c1[N+](=O)[O-].O=[N+]([O-])Nc1cc(Cl)c(Cl)cn1. The molecule has 0 fully saturated rings. The van der Waals surface area contributed by atoms with Gasteiger partial charge in [-0.3, -0.25) is 10.1 Å². The van der Waals surface area contributed by atoms with Gasteiger partial charge in [-0.25, -0.2) is 20.1 Å². The second-order valence-corrected chi connectivity index (χ2v) is 5.36. The molecule has 2 heterocycles. The summed E-state index contributed by atoms with van der Waals surface area (Å²) in [5, 5.41) is 19.9. The van der Waals surface area contributed by atoms with Crippen molar-refractivity contribution in [2.45, 2.75) is 0 Å². The predicted molar refractivity (Wildman–Crippen MR) is 90.2 cm³/mol. The molecule has 0 bridgehead atoms. The summed E-state index contributed by atoms with van der Waals surface area (Å²) >= 11 is 22.1. The fourth-order valence-electron chi connectivity index (χ4n) is 1.21. The van der Waals surface area contributed by atoms with Crippen LogP contribution in [0.4, 0.5) is 17.3 Å². The second kappa shape index (κ2) is 8.64. The van der Waals surface area contributed by atoms with Crippen LogP contribution in [0.5, 0.6) is 0 Å².